The van der Waals surface area contributed by atoms with Gasteiger partial charge in [0.15, 0.2) is 5.79 Å². The smallest absolute Gasteiger partial charge is 0.174 e. The van der Waals surface area contributed by atoms with Crippen LogP contribution in [0.5, 0.6) is 0 Å². The molecule has 1 unspecified atom stereocenters. The minimum Gasteiger partial charge on any atom is -0.391 e. The van der Waals surface area contributed by atoms with Gasteiger partial charge in [0.1, 0.15) is 48.3 Å². The third kappa shape index (κ3) is 9.22. The van der Waals surface area contributed by atoms with Crippen molar-refractivity contribution in [2.75, 3.05) is 13.2 Å². The van der Waals surface area contributed by atoms with Gasteiger partial charge in [0.2, 0.25) is 0 Å². The third-order valence-electron chi connectivity index (χ3n) is 20.1. The Bertz CT molecular complexity index is 2120. The number of hydrogen-bond donors (Lipinski definition) is 4. The summed E-state index contributed by atoms with van der Waals surface area (Å²) in [7, 11) is 0. The highest BCUT2D eigenvalue weighted by Gasteiger charge is 2.63. The first kappa shape index (κ1) is 51.7. The molecule has 0 saturated carbocycles. The number of hydrogen-bond acceptors (Lipinski definition) is 17. The van der Waals surface area contributed by atoms with E-state index in [4.69, 9.17) is 61.6 Å². The van der Waals surface area contributed by atoms with Gasteiger partial charge in [0.05, 0.1) is 123 Å². The zero-order valence-electron chi connectivity index (χ0n) is 43.7. The maximum absolute atomic E-state index is 12.4. The molecular weight excluding hydrogens is 957 g/mol. The zero-order valence-corrected chi connectivity index (χ0v) is 43.7. The molecule has 13 heterocycles. The van der Waals surface area contributed by atoms with Crippen LogP contribution in [0.4, 0.5) is 0 Å². The van der Waals surface area contributed by atoms with Gasteiger partial charge in [-0.2, -0.15) is 0 Å². The van der Waals surface area contributed by atoms with Gasteiger partial charge in [-0.05, 0) is 57.3 Å². The van der Waals surface area contributed by atoms with E-state index in [9.17, 15) is 20.4 Å². The summed E-state index contributed by atoms with van der Waals surface area (Å²) in [5.41, 5.74) is -1.02. The van der Waals surface area contributed by atoms with Gasteiger partial charge >= 0.3 is 0 Å². The third-order valence-corrected chi connectivity index (χ3v) is 20.1. The highest BCUT2D eigenvalue weighted by Crippen LogP contribution is 2.52. The quantitative estimate of drug-likeness (QED) is 0.253. The van der Waals surface area contributed by atoms with Gasteiger partial charge in [0, 0.05) is 43.9 Å². The standard InChI is InChI=1S/C57H82O17/c1-27-19-39-41(22-45-51(71-39)29(3)49(60)55-52(72-45)28(2)30(4)57(74-55)25-31(58)26-63-57)68-43-24-48-56(5,73-44(43)20-27)47(59)23-42-35(69-48)12-7-6-11-32-33(66-42)14-10-15-34-36(64-32)16-17-37-40(65-34)21-46-54(70-37)50(61)53-38(67-46)13-8-9-18-62-53/h6-10,14,16-17,27-55,58-61H,11-13,15,18-26H2,1-5H3/b7-6-,14-10-/t27-,28+,29+,30+,31+,32-,33+,34-,35+,36+,37-,38+,39+,40+,41-,42-,43+,44-,45+,46-,47-,48-,49+,50-,51-,52-,53+,54-,55+,56+,57?/m1/s1. The lowest BCUT2D eigenvalue weighted by Gasteiger charge is -2.53. The first-order valence-corrected chi connectivity index (χ1v) is 28.6. The molecule has 0 aromatic carbocycles. The highest BCUT2D eigenvalue weighted by molar-refractivity contribution is 5.15. The lowest BCUT2D eigenvalue weighted by Crippen LogP contribution is -2.63. The molecule has 31 atom stereocenters. The second kappa shape index (κ2) is 20.4. The Morgan fingerprint density at radius 2 is 1.07 bits per heavy atom. The van der Waals surface area contributed by atoms with Crippen LogP contribution in [-0.2, 0) is 61.6 Å². The molecule has 9 fully saturated rings. The molecule has 17 heteroatoms. The van der Waals surface area contributed by atoms with Gasteiger partial charge in [-0.3, -0.25) is 0 Å². The minimum atomic E-state index is -1.02. The van der Waals surface area contributed by atoms with Crippen molar-refractivity contribution in [3.63, 3.8) is 0 Å². The van der Waals surface area contributed by atoms with Crippen molar-refractivity contribution in [2.24, 2.45) is 23.7 Å². The molecule has 13 aliphatic rings. The topological polar surface area (TPSA) is 201 Å². The van der Waals surface area contributed by atoms with Crippen LogP contribution in [-0.4, -0.2) is 198 Å². The van der Waals surface area contributed by atoms with Crippen molar-refractivity contribution < 1.29 is 82.0 Å². The minimum absolute atomic E-state index is 0.0202. The summed E-state index contributed by atoms with van der Waals surface area (Å²) in [6.07, 6.45) is 12.1. The fourth-order valence-electron chi connectivity index (χ4n) is 15.6. The van der Waals surface area contributed by atoms with E-state index in [2.05, 4.69) is 57.2 Å². The molecule has 412 valence electrons. The molecule has 0 aromatic rings. The lowest BCUT2D eigenvalue weighted by molar-refractivity contribution is -0.339. The predicted octanol–water partition coefficient (Wildman–Crippen LogP) is 4.08. The van der Waals surface area contributed by atoms with Gasteiger partial charge in [-0.1, -0.05) is 76.3 Å². The molecule has 0 aliphatic carbocycles. The Morgan fingerprint density at radius 3 is 1.89 bits per heavy atom. The van der Waals surface area contributed by atoms with Gasteiger partial charge < -0.3 is 82.0 Å². The molecule has 4 N–H and O–H groups in total. The normalized spacial score (nSPS) is 58.9. The summed E-state index contributed by atoms with van der Waals surface area (Å²) < 4.78 is 88.7. The number of aliphatic hydroxyl groups excluding tert-OH is 4. The molecule has 13 rings (SSSR count). The summed E-state index contributed by atoms with van der Waals surface area (Å²) in [4.78, 5) is 0. The first-order valence-electron chi connectivity index (χ1n) is 28.6. The van der Waals surface area contributed by atoms with E-state index in [1.807, 2.05) is 26.0 Å². The van der Waals surface area contributed by atoms with Gasteiger partial charge in [0.25, 0.3) is 0 Å². The first-order chi connectivity index (χ1) is 35.7. The average Bonchev–Trinajstić information content (AvgIpc) is 3.44. The molecule has 9 saturated heterocycles. The van der Waals surface area contributed by atoms with Crippen LogP contribution in [0.15, 0.2) is 48.6 Å². The maximum atomic E-state index is 12.4. The highest BCUT2D eigenvalue weighted by atomic mass is 16.7. The van der Waals surface area contributed by atoms with Gasteiger partial charge in [-0.15, -0.1) is 0 Å². The van der Waals surface area contributed by atoms with Crippen LogP contribution in [0.25, 0.3) is 0 Å². The Kier molecular flexibility index (Phi) is 14.3. The molecule has 0 aromatic heterocycles. The maximum Gasteiger partial charge on any atom is 0.174 e. The Balaban J connectivity index is 0.693. The number of ether oxygens (including phenoxy) is 13. The van der Waals surface area contributed by atoms with Crippen molar-refractivity contribution in [3.8, 4) is 0 Å². The van der Waals surface area contributed by atoms with Crippen molar-refractivity contribution >= 4 is 0 Å². The van der Waals surface area contributed by atoms with Crippen LogP contribution in [0.2, 0.25) is 0 Å². The van der Waals surface area contributed by atoms with Crippen LogP contribution < -0.4 is 0 Å². The SMILES string of the molecule is C[C@@H]1C[C@@H]2O[C@@H]3[C@@H](C)[C@H](O)[C@@H]4OC5(C[C@H](O)CO5)[C@@H](C)[C@H](C)[C@H]4O[C@H]3C[C@H]2O[C@H]2C[C@H]3O[C@H]4C/C=C\C[C@H]5O[C@H]6C=C[C@H]7O[C@H]8[C@H](O)[C@H]9OCC=CC[C@@H]9O[C@@H]8C[C@@H]7O[C@@H]6C/C=C\[C@@H]5O[C@@H]4C[C@@H](O)[C@]3(C)O[C@@H]2C1. The largest absolute Gasteiger partial charge is 0.391 e. The summed E-state index contributed by atoms with van der Waals surface area (Å²) in [6, 6.07) is 0. The van der Waals surface area contributed by atoms with Crippen molar-refractivity contribution in [2.45, 2.75) is 269 Å². The summed E-state index contributed by atoms with van der Waals surface area (Å²) in [6.45, 7) is 11.2. The molecule has 0 bridgehead atoms. The Morgan fingerprint density at radius 1 is 0.446 bits per heavy atom. The second-order valence-corrected chi connectivity index (χ2v) is 24.8. The lowest BCUT2D eigenvalue weighted by atomic mass is 9.75. The van der Waals surface area contributed by atoms with Gasteiger partial charge in [-0.25, -0.2) is 0 Å². The van der Waals surface area contributed by atoms with E-state index in [0.717, 1.165) is 12.8 Å². The van der Waals surface area contributed by atoms with Crippen molar-refractivity contribution in [1.29, 1.82) is 0 Å². The van der Waals surface area contributed by atoms with E-state index in [-0.39, 0.29) is 116 Å². The van der Waals surface area contributed by atoms with Crippen LogP contribution in [0, 0.1) is 23.7 Å². The summed E-state index contributed by atoms with van der Waals surface area (Å²) in [5.74, 6) is -1.13. The molecule has 17 nitrogen and oxygen atoms in total. The number of rotatable bonds is 0. The van der Waals surface area contributed by atoms with E-state index in [1.54, 1.807) is 0 Å². The summed E-state index contributed by atoms with van der Waals surface area (Å²) >= 11 is 0. The van der Waals surface area contributed by atoms with Crippen molar-refractivity contribution in [1.82, 2.24) is 0 Å². The van der Waals surface area contributed by atoms with Crippen molar-refractivity contribution in [3.05, 3.63) is 48.6 Å². The fourth-order valence-corrected chi connectivity index (χ4v) is 15.6. The molecule has 0 amide bonds. The molecule has 0 radical (unpaired) electrons. The van der Waals surface area contributed by atoms with E-state index < -0.39 is 78.5 Å². The Labute approximate surface area is 435 Å². The monoisotopic (exact) mass is 1040 g/mol. The van der Waals surface area contributed by atoms with Crippen LogP contribution in [0.3, 0.4) is 0 Å². The Hall–Kier alpha value is -1.72. The fraction of sp³-hybridized carbons (Fsp3) is 0.860. The van der Waals surface area contributed by atoms with E-state index >= 15 is 0 Å². The number of aliphatic hydroxyl groups is 4. The summed E-state index contributed by atoms with van der Waals surface area (Å²) in [5, 5.41) is 46.4. The van der Waals surface area contributed by atoms with Crippen LogP contribution in [0.1, 0.15) is 105 Å². The molecule has 74 heavy (non-hydrogen) atoms. The molecular formula is C57H82O17. The zero-order chi connectivity index (χ0) is 50.8. The van der Waals surface area contributed by atoms with Crippen LogP contribution >= 0.6 is 0 Å². The van der Waals surface area contributed by atoms with E-state index in [1.165, 1.54) is 0 Å². The average molecular weight is 1040 g/mol. The predicted molar refractivity (Wildman–Crippen MR) is 263 cm³/mol. The van der Waals surface area contributed by atoms with E-state index in [0.29, 0.717) is 64.4 Å². The number of fused-ring (bicyclic) bond motifs is 11. The molecule has 1 spiro atoms. The second-order valence-electron chi connectivity index (χ2n) is 24.8. The molecule has 13 aliphatic heterocycles.